The molecule has 0 saturated carbocycles. The van der Waals surface area contributed by atoms with E-state index in [0.29, 0.717) is 0 Å². The number of hydrogen-bond donors (Lipinski definition) is 1. The molecule has 0 aliphatic rings. The molecular weight excluding hydrogens is 116 g/mol. The van der Waals surface area contributed by atoms with Gasteiger partial charge in [-0.2, -0.15) is 0 Å². The quantitative estimate of drug-likeness (QED) is 0.552. The maximum atomic E-state index is 10.6. The fourth-order valence-electron chi connectivity index (χ4n) is 0.475. The van der Waals surface area contributed by atoms with E-state index >= 15 is 0 Å². The first-order valence-electron chi connectivity index (χ1n) is 3.00. The molecule has 0 spiro atoms. The molecule has 46 valence electrons. The highest BCUT2D eigenvalue weighted by Gasteiger charge is 1.85. The third-order valence-corrected chi connectivity index (χ3v) is 0.913. The van der Waals surface area contributed by atoms with Crippen molar-refractivity contribution in [2.45, 2.75) is 0 Å². The van der Waals surface area contributed by atoms with E-state index in [1.807, 2.05) is 0 Å². The summed E-state index contributed by atoms with van der Waals surface area (Å²) >= 11 is 0. The molecule has 1 rings (SSSR count). The molecular formula is C7H6O2. The molecule has 0 fully saturated rings. The number of hydrogen-bond acceptors (Lipinski definition) is 2. The van der Waals surface area contributed by atoms with Gasteiger partial charge < -0.3 is 5.11 Å². The standard InChI is InChI=1S/C7H6O2/c8-6-4-2-1-3-5-7(6)9/h1-5H,(H,8,9)/i2D. The van der Waals surface area contributed by atoms with E-state index in [2.05, 4.69) is 0 Å². The Bertz CT molecular complexity index is 296. The molecule has 0 atom stereocenters. The van der Waals surface area contributed by atoms with Crippen LogP contribution in [0.15, 0.2) is 35.1 Å². The monoisotopic (exact) mass is 123 g/mol. The lowest BCUT2D eigenvalue weighted by molar-refractivity contribution is 0.471. The summed E-state index contributed by atoms with van der Waals surface area (Å²) in [5.74, 6) is -0.380. The van der Waals surface area contributed by atoms with Crippen LogP contribution >= 0.6 is 0 Å². The van der Waals surface area contributed by atoms with Crippen LogP contribution < -0.4 is 5.43 Å². The molecule has 0 radical (unpaired) electrons. The van der Waals surface area contributed by atoms with Crippen molar-refractivity contribution >= 4 is 0 Å². The summed E-state index contributed by atoms with van der Waals surface area (Å²) < 4.78 is 7.05. The molecule has 0 amide bonds. The minimum Gasteiger partial charge on any atom is -0.504 e. The Balaban J connectivity index is 3.46. The van der Waals surface area contributed by atoms with Crippen molar-refractivity contribution in [3.05, 3.63) is 40.5 Å². The van der Waals surface area contributed by atoms with Crippen LogP contribution in [0.5, 0.6) is 5.75 Å². The van der Waals surface area contributed by atoms with E-state index in [1.165, 1.54) is 18.2 Å². The van der Waals surface area contributed by atoms with Crippen LogP contribution in [0.3, 0.4) is 0 Å². The van der Waals surface area contributed by atoms with Crippen molar-refractivity contribution in [1.29, 1.82) is 0 Å². The van der Waals surface area contributed by atoms with Crippen LogP contribution in [-0.2, 0) is 0 Å². The van der Waals surface area contributed by atoms with Crippen molar-refractivity contribution in [1.82, 2.24) is 0 Å². The molecule has 0 unspecified atom stereocenters. The molecule has 2 heteroatoms. The van der Waals surface area contributed by atoms with Crippen molar-refractivity contribution in [2.24, 2.45) is 0 Å². The van der Waals surface area contributed by atoms with E-state index in [4.69, 9.17) is 6.48 Å². The maximum absolute atomic E-state index is 10.6. The van der Waals surface area contributed by atoms with Gasteiger partial charge in [0.15, 0.2) is 5.75 Å². The van der Waals surface area contributed by atoms with E-state index in [9.17, 15) is 4.79 Å². The highest BCUT2D eigenvalue weighted by molar-refractivity contribution is 5.17. The fraction of sp³-hybridized carbons (Fsp3) is 0. The van der Waals surface area contributed by atoms with Crippen LogP contribution in [0, 0.1) is 0 Å². The second-order valence-electron chi connectivity index (χ2n) is 1.59. The summed E-state index contributed by atoms with van der Waals surface area (Å²) in [6.45, 7) is 0. The second kappa shape index (κ2) is 2.31. The fourth-order valence-corrected chi connectivity index (χ4v) is 0.475. The lowest BCUT2D eigenvalue weighted by Gasteiger charge is -1.74. The van der Waals surface area contributed by atoms with Gasteiger partial charge in [-0.1, -0.05) is 18.2 Å². The predicted molar refractivity (Wildman–Crippen MR) is 34.4 cm³/mol. The van der Waals surface area contributed by atoms with Gasteiger partial charge in [-0.25, -0.2) is 0 Å². The van der Waals surface area contributed by atoms with Crippen LogP contribution in [0.4, 0.5) is 0 Å². The highest BCUT2D eigenvalue weighted by Crippen LogP contribution is 1.93. The van der Waals surface area contributed by atoms with Gasteiger partial charge in [0.05, 0.1) is 1.37 Å². The smallest absolute Gasteiger partial charge is 0.220 e. The topological polar surface area (TPSA) is 37.3 Å². The number of rotatable bonds is 0. The zero-order chi connectivity index (χ0) is 7.56. The summed E-state index contributed by atoms with van der Waals surface area (Å²) in [5.41, 5.74) is -0.460. The zero-order valence-electron chi connectivity index (χ0n) is 5.66. The average molecular weight is 123 g/mol. The van der Waals surface area contributed by atoms with Crippen molar-refractivity contribution in [3.8, 4) is 5.75 Å². The normalized spacial score (nSPS) is 10.4. The van der Waals surface area contributed by atoms with E-state index < -0.39 is 5.43 Å². The third kappa shape index (κ3) is 1.29. The van der Waals surface area contributed by atoms with Gasteiger partial charge in [0.1, 0.15) is 0 Å². The molecule has 9 heavy (non-hydrogen) atoms. The molecule has 0 aliphatic carbocycles. The summed E-state index contributed by atoms with van der Waals surface area (Å²) in [7, 11) is 0. The van der Waals surface area contributed by atoms with Gasteiger partial charge in [-0.3, -0.25) is 4.79 Å². The van der Waals surface area contributed by atoms with E-state index in [0.717, 1.165) is 6.07 Å². The molecule has 0 saturated heterocycles. The molecule has 0 bridgehead atoms. The first kappa shape index (κ1) is 4.56. The average Bonchev–Trinajstić information content (AvgIpc) is 1.96. The third-order valence-electron chi connectivity index (χ3n) is 0.913. The molecule has 2 nitrogen and oxygen atoms in total. The summed E-state index contributed by atoms with van der Waals surface area (Å²) in [4.78, 5) is 10.6. The Kier molecular flexibility index (Phi) is 1.17. The number of aromatic hydroxyl groups is 1. The molecule has 0 aromatic heterocycles. The Morgan fingerprint density at radius 3 is 3.00 bits per heavy atom. The van der Waals surface area contributed by atoms with Crippen molar-refractivity contribution in [2.75, 3.05) is 0 Å². The van der Waals surface area contributed by atoms with Gasteiger partial charge in [-0.05, 0) is 12.1 Å². The van der Waals surface area contributed by atoms with E-state index in [1.54, 1.807) is 0 Å². The zero-order valence-corrected chi connectivity index (χ0v) is 4.66. The van der Waals surface area contributed by atoms with Gasteiger partial charge in [0, 0.05) is 0 Å². The lowest BCUT2D eigenvalue weighted by atomic mass is 10.5. The Hall–Kier alpha value is -1.31. The molecule has 1 aromatic rings. The summed E-state index contributed by atoms with van der Waals surface area (Å²) in [5, 5.41) is 8.83. The summed E-state index contributed by atoms with van der Waals surface area (Å²) in [6.07, 6.45) is 0. The van der Waals surface area contributed by atoms with Crippen LogP contribution in [0.25, 0.3) is 0 Å². The molecule has 1 N–H and O–H groups in total. The van der Waals surface area contributed by atoms with Crippen LogP contribution in [0.2, 0.25) is 0 Å². The summed E-state index contributed by atoms with van der Waals surface area (Å²) in [6, 6.07) is 5.32. The Labute approximate surface area is 53.8 Å². The minimum absolute atomic E-state index is 0.125. The first-order valence-corrected chi connectivity index (χ1v) is 2.50. The second-order valence-corrected chi connectivity index (χ2v) is 1.59. The Morgan fingerprint density at radius 2 is 2.22 bits per heavy atom. The van der Waals surface area contributed by atoms with E-state index in [-0.39, 0.29) is 11.8 Å². The van der Waals surface area contributed by atoms with Gasteiger partial charge in [0.2, 0.25) is 5.43 Å². The maximum Gasteiger partial charge on any atom is 0.220 e. The minimum atomic E-state index is -0.460. The predicted octanol–water partition coefficient (Wildman–Crippen LogP) is 0.752. The molecule has 1 aromatic carbocycles. The molecule has 0 aliphatic heterocycles. The van der Waals surface area contributed by atoms with Crippen molar-refractivity contribution < 1.29 is 6.48 Å². The highest BCUT2D eigenvalue weighted by atomic mass is 16.3. The SMILES string of the molecule is [2H]c1cccc(=O)c(O)c1. The van der Waals surface area contributed by atoms with Crippen molar-refractivity contribution in [3.63, 3.8) is 0 Å². The van der Waals surface area contributed by atoms with Gasteiger partial charge >= 0.3 is 0 Å². The largest absolute Gasteiger partial charge is 0.504 e. The lowest BCUT2D eigenvalue weighted by Crippen LogP contribution is -1.90. The van der Waals surface area contributed by atoms with Gasteiger partial charge in [-0.15, -0.1) is 0 Å². The first-order chi connectivity index (χ1) is 4.70. The molecule has 0 heterocycles. The van der Waals surface area contributed by atoms with Crippen LogP contribution in [0.1, 0.15) is 1.37 Å². The Morgan fingerprint density at radius 1 is 1.44 bits per heavy atom. The van der Waals surface area contributed by atoms with Crippen LogP contribution in [-0.4, -0.2) is 5.11 Å². The van der Waals surface area contributed by atoms with Gasteiger partial charge in [0.25, 0.3) is 0 Å².